The molecule has 9 nitrogen and oxygen atoms in total. The van der Waals surface area contributed by atoms with Crippen LogP contribution < -0.4 is 15.8 Å². The number of ether oxygens (including phenoxy) is 2. The molecule has 1 aliphatic carbocycles. The monoisotopic (exact) mass is 535 g/mol. The summed E-state index contributed by atoms with van der Waals surface area (Å²) in [5.74, 6) is 2.08. The van der Waals surface area contributed by atoms with E-state index in [-0.39, 0.29) is 5.60 Å². The molecule has 9 heteroatoms. The van der Waals surface area contributed by atoms with Gasteiger partial charge in [-0.05, 0) is 81.2 Å². The topological polar surface area (TPSA) is 124 Å². The van der Waals surface area contributed by atoms with E-state index in [2.05, 4.69) is 49.2 Å². The van der Waals surface area contributed by atoms with Gasteiger partial charge in [0, 0.05) is 30.0 Å². The van der Waals surface area contributed by atoms with Crippen LogP contribution in [0.3, 0.4) is 0 Å². The minimum absolute atomic E-state index is 0.114. The first-order valence-corrected chi connectivity index (χ1v) is 14.2. The number of benzene rings is 1. The number of nitrogens with one attached hydrogen (secondary N) is 1. The first kappa shape index (κ1) is 24.9. The van der Waals surface area contributed by atoms with Gasteiger partial charge in [-0.2, -0.15) is 5.26 Å². The Balaban J connectivity index is 1.11. The fraction of sp³-hybridized carbons (Fsp3) is 0.419. The highest BCUT2D eigenvalue weighted by Gasteiger charge is 2.46. The fourth-order valence-corrected chi connectivity index (χ4v) is 6.75. The van der Waals surface area contributed by atoms with Crippen molar-refractivity contribution in [3.05, 3.63) is 60.7 Å². The molecule has 1 saturated carbocycles. The molecule has 2 saturated heterocycles. The molecule has 1 aromatic carbocycles. The molecule has 2 bridgehead atoms. The summed E-state index contributed by atoms with van der Waals surface area (Å²) in [7, 11) is 0. The lowest BCUT2D eigenvalue weighted by Gasteiger charge is -2.30. The average Bonchev–Trinajstić information content (AvgIpc) is 3.71. The van der Waals surface area contributed by atoms with E-state index in [0.29, 0.717) is 36.2 Å². The third-order valence-corrected chi connectivity index (χ3v) is 8.88. The molecular formula is C31H33N7O2. The minimum Gasteiger partial charge on any atom is -0.491 e. The highest BCUT2D eigenvalue weighted by atomic mass is 16.6. The van der Waals surface area contributed by atoms with Gasteiger partial charge in [-0.15, -0.1) is 0 Å². The summed E-state index contributed by atoms with van der Waals surface area (Å²) in [6, 6.07) is 14.5. The van der Waals surface area contributed by atoms with Crippen molar-refractivity contribution in [2.45, 2.75) is 75.2 Å². The van der Waals surface area contributed by atoms with Gasteiger partial charge in [0.25, 0.3) is 0 Å². The zero-order chi connectivity index (χ0) is 27.1. The summed E-state index contributed by atoms with van der Waals surface area (Å²) in [6.07, 6.45) is 14.3. The van der Waals surface area contributed by atoms with Gasteiger partial charge in [0.1, 0.15) is 41.6 Å². The first-order chi connectivity index (χ1) is 19.6. The van der Waals surface area contributed by atoms with E-state index >= 15 is 0 Å². The summed E-state index contributed by atoms with van der Waals surface area (Å²) < 4.78 is 14.8. The number of nitriles is 1. The zero-order valence-electron chi connectivity index (χ0n) is 22.4. The van der Waals surface area contributed by atoms with E-state index in [1.807, 2.05) is 12.1 Å². The van der Waals surface area contributed by atoms with Crippen molar-refractivity contribution < 1.29 is 9.47 Å². The second-order valence-electron chi connectivity index (χ2n) is 11.4. The van der Waals surface area contributed by atoms with Crippen LogP contribution in [-0.4, -0.2) is 43.9 Å². The zero-order valence-corrected chi connectivity index (χ0v) is 22.4. The van der Waals surface area contributed by atoms with Crippen LogP contribution in [0.25, 0.3) is 22.2 Å². The molecule has 5 heterocycles. The first-order valence-electron chi connectivity index (χ1n) is 14.2. The smallest absolute Gasteiger partial charge is 0.146 e. The molecule has 0 atom stereocenters. The highest BCUT2D eigenvalue weighted by molar-refractivity contribution is 6.00. The average molecular weight is 536 g/mol. The number of hydrogen-bond acceptors (Lipinski definition) is 8. The number of anilines is 2. The van der Waals surface area contributed by atoms with E-state index in [1.54, 1.807) is 24.7 Å². The van der Waals surface area contributed by atoms with Crippen LogP contribution in [0.5, 0.6) is 5.75 Å². The number of nitrogen functional groups attached to an aromatic ring is 1. The summed E-state index contributed by atoms with van der Waals surface area (Å²) in [4.78, 5) is 13.4. The van der Waals surface area contributed by atoms with E-state index in [1.165, 1.54) is 0 Å². The van der Waals surface area contributed by atoms with Gasteiger partial charge in [0.05, 0.1) is 23.1 Å². The lowest BCUT2D eigenvalue weighted by atomic mass is 9.89. The van der Waals surface area contributed by atoms with Crippen LogP contribution in [0.1, 0.15) is 63.0 Å². The van der Waals surface area contributed by atoms with Crippen LogP contribution in [0, 0.1) is 11.3 Å². The Morgan fingerprint density at radius 1 is 1.07 bits per heavy atom. The number of pyridine rings is 1. The molecule has 3 fully saturated rings. The highest BCUT2D eigenvalue weighted by Crippen LogP contribution is 2.44. The number of nitrogens with zero attached hydrogens (tertiary/aromatic N) is 5. The van der Waals surface area contributed by atoms with Gasteiger partial charge >= 0.3 is 0 Å². The van der Waals surface area contributed by atoms with Gasteiger partial charge in [-0.1, -0.05) is 12.1 Å². The normalized spacial score (nSPS) is 25.6. The van der Waals surface area contributed by atoms with Crippen molar-refractivity contribution in [2.75, 3.05) is 17.7 Å². The molecule has 3 aliphatic rings. The maximum atomic E-state index is 9.19. The van der Waals surface area contributed by atoms with Gasteiger partial charge in [0.2, 0.25) is 0 Å². The van der Waals surface area contributed by atoms with Crippen molar-refractivity contribution in [3.63, 3.8) is 0 Å². The predicted octanol–water partition coefficient (Wildman–Crippen LogP) is 5.63. The lowest BCUT2D eigenvalue weighted by molar-refractivity contribution is -0.0198. The van der Waals surface area contributed by atoms with E-state index in [4.69, 9.17) is 15.2 Å². The van der Waals surface area contributed by atoms with Crippen molar-refractivity contribution in [3.8, 4) is 22.9 Å². The standard InChI is InChI=1S/C31H33N7O2/c32-16-20-10-13-34-27(14-20)37-22-4-6-23(7-5-22)38-17-26(28-29(33)35-19-36-30(28)38)21-2-1-3-25(15-21)39-18-31-11-8-24(40-31)9-12-31/h1-3,10,13-15,17,19,22-24H,4-9,11-12,18H2,(H,34,37)(H2,33,35,36)/t22-,23-,24?,31?. The van der Waals surface area contributed by atoms with Crippen LogP contribution in [0.4, 0.5) is 11.6 Å². The minimum atomic E-state index is -0.114. The number of rotatable bonds is 7. The molecule has 0 spiro atoms. The molecule has 7 rings (SSSR count). The van der Waals surface area contributed by atoms with E-state index < -0.39 is 0 Å². The molecule has 4 aromatic rings. The summed E-state index contributed by atoms with van der Waals surface area (Å²) >= 11 is 0. The summed E-state index contributed by atoms with van der Waals surface area (Å²) in [6.45, 7) is 0.591. The largest absolute Gasteiger partial charge is 0.491 e. The predicted molar refractivity (Wildman–Crippen MR) is 153 cm³/mol. The molecule has 2 aliphatic heterocycles. The van der Waals surface area contributed by atoms with E-state index in [0.717, 1.165) is 85.1 Å². The molecule has 3 aromatic heterocycles. The SMILES string of the molecule is N#Cc1ccnc(N[C@H]2CC[C@H](n3cc(-c4cccc(OCC56CCC(CC5)O6)c4)c4c(N)ncnc43)CC2)c1. The third-order valence-electron chi connectivity index (χ3n) is 8.88. The quantitative estimate of drug-likeness (QED) is 0.312. The molecule has 204 valence electrons. The summed E-state index contributed by atoms with van der Waals surface area (Å²) in [5, 5.41) is 13.6. The Kier molecular flexibility index (Phi) is 6.28. The second-order valence-corrected chi connectivity index (χ2v) is 11.4. The van der Waals surface area contributed by atoms with Crippen LogP contribution in [-0.2, 0) is 4.74 Å². The number of fused-ring (bicyclic) bond motifs is 3. The lowest BCUT2D eigenvalue weighted by Crippen LogP contribution is -2.32. The third kappa shape index (κ3) is 4.62. The van der Waals surface area contributed by atoms with E-state index in [9.17, 15) is 5.26 Å². The fourth-order valence-electron chi connectivity index (χ4n) is 6.75. The van der Waals surface area contributed by atoms with Crippen LogP contribution >= 0.6 is 0 Å². The van der Waals surface area contributed by atoms with Gasteiger partial charge in [-0.3, -0.25) is 0 Å². The molecule has 3 N–H and O–H groups in total. The van der Waals surface area contributed by atoms with Gasteiger partial charge in [-0.25, -0.2) is 15.0 Å². The summed E-state index contributed by atoms with van der Waals surface area (Å²) in [5.41, 5.74) is 9.86. The molecule has 0 radical (unpaired) electrons. The van der Waals surface area contributed by atoms with Crippen molar-refractivity contribution in [1.29, 1.82) is 5.26 Å². The Labute approximate surface area is 233 Å². The Bertz CT molecular complexity index is 1580. The number of hydrogen-bond donors (Lipinski definition) is 2. The van der Waals surface area contributed by atoms with Crippen LogP contribution in [0.2, 0.25) is 0 Å². The Morgan fingerprint density at radius 2 is 1.93 bits per heavy atom. The number of aromatic nitrogens is 4. The molecule has 0 amide bonds. The maximum absolute atomic E-state index is 9.19. The molecule has 40 heavy (non-hydrogen) atoms. The molecular weight excluding hydrogens is 502 g/mol. The van der Waals surface area contributed by atoms with Gasteiger partial charge < -0.3 is 25.1 Å². The Morgan fingerprint density at radius 3 is 2.70 bits per heavy atom. The molecule has 0 unspecified atom stereocenters. The van der Waals surface area contributed by atoms with Crippen LogP contribution in [0.15, 0.2) is 55.1 Å². The second kappa shape index (κ2) is 10.1. The van der Waals surface area contributed by atoms with Crippen molar-refractivity contribution in [1.82, 2.24) is 19.5 Å². The van der Waals surface area contributed by atoms with Crippen molar-refractivity contribution in [2.24, 2.45) is 0 Å². The maximum Gasteiger partial charge on any atom is 0.146 e. The van der Waals surface area contributed by atoms with Crippen molar-refractivity contribution >= 4 is 22.7 Å². The Hall–Kier alpha value is -4.16. The van der Waals surface area contributed by atoms with Gasteiger partial charge in [0.15, 0.2) is 0 Å². The number of nitrogens with two attached hydrogens (primary N) is 1.